The first-order valence-corrected chi connectivity index (χ1v) is 14.7. The van der Waals surface area contributed by atoms with Crippen LogP contribution in [0.25, 0.3) is 11.3 Å². The maximum atomic E-state index is 6.42. The first kappa shape index (κ1) is 32.3. The minimum atomic E-state index is -0.0323. The molecule has 2 aliphatic rings. The quantitative estimate of drug-likeness (QED) is 0.346. The molecule has 0 spiro atoms. The van der Waals surface area contributed by atoms with Crippen LogP contribution in [-0.4, -0.2) is 15.0 Å². The standard InChI is InChI=1S/C25H27N3O.4C2H6/c1-16(2)25(19-4-5-19)20-6-3-18-7-8-23(29-24(18)13-20)22-15-27-21(14-28-22)17-9-11-26-12-10-17;4*1-2/h3,6,9-16,19,23,25H,4-5,7-8H2,1-2H3;4*1-2H3/t23?,25-;;;;/m0..../s1. The zero-order chi connectivity index (χ0) is 27.8. The highest BCUT2D eigenvalue weighted by atomic mass is 16.5. The fraction of sp³-hybridized carbons (Fsp3) is 0.545. The van der Waals surface area contributed by atoms with Crippen LogP contribution in [-0.2, 0) is 6.42 Å². The fourth-order valence-corrected chi connectivity index (χ4v) is 4.63. The Morgan fingerprint density at radius 2 is 1.43 bits per heavy atom. The lowest BCUT2D eigenvalue weighted by Crippen LogP contribution is -2.17. The van der Waals surface area contributed by atoms with Crippen LogP contribution in [0.2, 0.25) is 0 Å². The second-order valence-corrected chi connectivity index (χ2v) is 8.68. The largest absolute Gasteiger partial charge is 0.484 e. The molecule has 1 aliphatic heterocycles. The number of ether oxygens (including phenoxy) is 1. The SMILES string of the molecule is CC.CC.CC.CC.CC(C)[C@H](c1ccc2c(c1)OC(c1cnc(-c3ccncc3)cn1)CC2)C1CC1. The van der Waals surface area contributed by atoms with Crippen LogP contribution in [0.4, 0.5) is 0 Å². The monoisotopic (exact) mass is 505 g/mol. The van der Waals surface area contributed by atoms with E-state index in [9.17, 15) is 0 Å². The second-order valence-electron chi connectivity index (χ2n) is 8.68. The average molecular weight is 506 g/mol. The number of benzene rings is 1. The van der Waals surface area contributed by atoms with Crippen LogP contribution in [0.15, 0.2) is 55.1 Å². The van der Waals surface area contributed by atoms with Gasteiger partial charge in [-0.15, -0.1) is 0 Å². The molecule has 37 heavy (non-hydrogen) atoms. The van der Waals surface area contributed by atoms with Gasteiger partial charge in [-0.3, -0.25) is 15.0 Å². The molecular weight excluding hydrogens is 454 g/mol. The van der Waals surface area contributed by atoms with Gasteiger partial charge in [-0.2, -0.15) is 0 Å². The number of hydrogen-bond donors (Lipinski definition) is 0. The summed E-state index contributed by atoms with van der Waals surface area (Å²) in [6.07, 6.45) is 11.9. The molecule has 0 saturated heterocycles. The fourth-order valence-electron chi connectivity index (χ4n) is 4.63. The highest BCUT2D eigenvalue weighted by molar-refractivity contribution is 5.56. The highest BCUT2D eigenvalue weighted by Crippen LogP contribution is 2.48. The third-order valence-corrected chi connectivity index (χ3v) is 6.25. The molecule has 1 saturated carbocycles. The maximum absolute atomic E-state index is 6.42. The number of aromatic nitrogens is 3. The van der Waals surface area contributed by atoms with Crippen molar-refractivity contribution in [2.75, 3.05) is 0 Å². The summed E-state index contributed by atoms with van der Waals surface area (Å²) < 4.78 is 6.42. The molecule has 3 heterocycles. The third kappa shape index (κ3) is 8.94. The van der Waals surface area contributed by atoms with Crippen LogP contribution in [0.5, 0.6) is 5.75 Å². The van der Waals surface area contributed by atoms with Gasteiger partial charge < -0.3 is 4.74 Å². The molecule has 0 radical (unpaired) electrons. The van der Waals surface area contributed by atoms with E-state index in [0.29, 0.717) is 11.8 Å². The Labute approximate surface area is 227 Å². The predicted octanol–water partition coefficient (Wildman–Crippen LogP) is 9.86. The Morgan fingerprint density at radius 1 is 0.784 bits per heavy atom. The van der Waals surface area contributed by atoms with E-state index in [1.807, 2.05) is 79.9 Å². The lowest BCUT2D eigenvalue weighted by atomic mass is 9.83. The summed E-state index contributed by atoms with van der Waals surface area (Å²) in [5, 5.41) is 0. The van der Waals surface area contributed by atoms with Crippen molar-refractivity contribution < 1.29 is 4.74 Å². The van der Waals surface area contributed by atoms with Crippen molar-refractivity contribution in [1.82, 2.24) is 15.0 Å². The molecule has 5 rings (SSSR count). The van der Waals surface area contributed by atoms with Crippen LogP contribution >= 0.6 is 0 Å². The molecular formula is C33H51N3O. The topological polar surface area (TPSA) is 47.9 Å². The van der Waals surface area contributed by atoms with Gasteiger partial charge in [0.2, 0.25) is 0 Å². The first-order valence-electron chi connectivity index (χ1n) is 14.7. The molecule has 1 aliphatic carbocycles. The van der Waals surface area contributed by atoms with Gasteiger partial charge >= 0.3 is 0 Å². The van der Waals surface area contributed by atoms with E-state index >= 15 is 0 Å². The van der Waals surface area contributed by atoms with Gasteiger partial charge in [-0.1, -0.05) is 81.4 Å². The molecule has 4 heteroatoms. The van der Waals surface area contributed by atoms with Crippen LogP contribution < -0.4 is 4.74 Å². The molecule has 0 amide bonds. The molecule has 204 valence electrons. The number of fused-ring (bicyclic) bond motifs is 1. The van der Waals surface area contributed by atoms with Gasteiger partial charge in [0, 0.05) is 18.0 Å². The summed E-state index contributed by atoms with van der Waals surface area (Å²) in [7, 11) is 0. The average Bonchev–Trinajstić information content (AvgIpc) is 3.82. The number of hydrogen-bond acceptors (Lipinski definition) is 4. The number of nitrogens with zero attached hydrogens (tertiary/aromatic N) is 3. The number of pyridine rings is 1. The van der Waals surface area contributed by atoms with Crippen molar-refractivity contribution in [3.05, 3.63) is 71.9 Å². The smallest absolute Gasteiger partial charge is 0.142 e. The van der Waals surface area contributed by atoms with Crippen molar-refractivity contribution in [2.45, 2.75) is 107 Å². The van der Waals surface area contributed by atoms with Crippen molar-refractivity contribution in [3.63, 3.8) is 0 Å². The minimum Gasteiger partial charge on any atom is -0.484 e. The Hall–Kier alpha value is -2.75. The van der Waals surface area contributed by atoms with Gasteiger partial charge in [-0.25, -0.2) is 0 Å². The van der Waals surface area contributed by atoms with Gasteiger partial charge in [0.15, 0.2) is 0 Å². The number of aryl methyl sites for hydroxylation is 1. The molecule has 4 nitrogen and oxygen atoms in total. The summed E-state index contributed by atoms with van der Waals surface area (Å²) >= 11 is 0. The zero-order valence-corrected chi connectivity index (χ0v) is 25.1. The first-order chi connectivity index (χ1) is 18.2. The summed E-state index contributed by atoms with van der Waals surface area (Å²) in [6.45, 7) is 20.7. The highest BCUT2D eigenvalue weighted by Gasteiger charge is 2.35. The van der Waals surface area contributed by atoms with Gasteiger partial charge in [-0.05, 0) is 72.8 Å². The van der Waals surface area contributed by atoms with Gasteiger partial charge in [0.1, 0.15) is 11.9 Å². The van der Waals surface area contributed by atoms with E-state index in [-0.39, 0.29) is 6.10 Å². The van der Waals surface area contributed by atoms with Gasteiger partial charge in [0.05, 0.1) is 23.8 Å². The molecule has 3 aromatic rings. The van der Waals surface area contributed by atoms with Crippen molar-refractivity contribution in [3.8, 4) is 17.0 Å². The zero-order valence-electron chi connectivity index (χ0n) is 25.1. The molecule has 1 fully saturated rings. The molecule has 1 unspecified atom stereocenters. The van der Waals surface area contributed by atoms with Crippen LogP contribution in [0.3, 0.4) is 0 Å². The van der Waals surface area contributed by atoms with Gasteiger partial charge in [0.25, 0.3) is 0 Å². The Bertz CT molecular complexity index is 980. The molecule has 0 N–H and O–H groups in total. The van der Waals surface area contributed by atoms with E-state index in [1.54, 1.807) is 12.4 Å². The van der Waals surface area contributed by atoms with E-state index < -0.39 is 0 Å². The maximum Gasteiger partial charge on any atom is 0.142 e. The van der Waals surface area contributed by atoms with Crippen LogP contribution in [0, 0.1) is 11.8 Å². The van der Waals surface area contributed by atoms with Crippen molar-refractivity contribution in [1.29, 1.82) is 0 Å². The van der Waals surface area contributed by atoms with Crippen molar-refractivity contribution >= 4 is 0 Å². The predicted molar refractivity (Wildman–Crippen MR) is 159 cm³/mol. The number of rotatable bonds is 5. The summed E-state index contributed by atoms with van der Waals surface area (Å²) in [4.78, 5) is 13.3. The molecule has 2 atom stereocenters. The Kier molecular flexibility index (Phi) is 15.4. The Morgan fingerprint density at radius 3 is 1.97 bits per heavy atom. The van der Waals surface area contributed by atoms with E-state index in [4.69, 9.17) is 4.74 Å². The lowest BCUT2D eigenvalue weighted by Gasteiger charge is -2.28. The third-order valence-electron chi connectivity index (χ3n) is 6.25. The van der Waals surface area contributed by atoms with E-state index in [1.165, 1.54) is 24.0 Å². The minimum absolute atomic E-state index is 0.0323. The lowest BCUT2D eigenvalue weighted by molar-refractivity contribution is 0.171. The Balaban J connectivity index is 0.000000784. The van der Waals surface area contributed by atoms with Crippen molar-refractivity contribution in [2.24, 2.45) is 11.8 Å². The second kappa shape index (κ2) is 17.7. The van der Waals surface area contributed by atoms with E-state index in [2.05, 4.69) is 47.0 Å². The molecule has 0 bridgehead atoms. The molecule has 2 aromatic heterocycles. The molecule has 1 aromatic carbocycles. The normalized spacial score (nSPS) is 15.9. The summed E-state index contributed by atoms with van der Waals surface area (Å²) in [5.74, 6) is 3.18. The van der Waals surface area contributed by atoms with Crippen LogP contribution in [0.1, 0.15) is 117 Å². The summed E-state index contributed by atoms with van der Waals surface area (Å²) in [6, 6.07) is 10.8. The summed E-state index contributed by atoms with van der Waals surface area (Å²) in [5.41, 5.74) is 5.53. The van der Waals surface area contributed by atoms with E-state index in [0.717, 1.165) is 41.5 Å².